The average molecular weight is 481 g/mol. The predicted molar refractivity (Wildman–Crippen MR) is 110 cm³/mol. The quantitative estimate of drug-likeness (QED) is 0.443. The van der Waals surface area contributed by atoms with Gasteiger partial charge >= 0.3 is 18.1 Å². The SMILES string of the molecule is O=C(Cc1cc2c(-c3ccc(S(=O)(=O)N4CCCC4)cc3)ccnc2[nH]1)OC(=O)C(F)(F)F. The highest BCUT2D eigenvalue weighted by molar-refractivity contribution is 7.89. The number of benzene rings is 1. The number of H-pyrrole nitrogens is 1. The van der Waals surface area contributed by atoms with Gasteiger partial charge in [-0.1, -0.05) is 12.1 Å². The molecule has 1 N–H and O–H groups in total. The summed E-state index contributed by atoms with van der Waals surface area (Å²) in [5.41, 5.74) is 1.93. The van der Waals surface area contributed by atoms with Crippen LogP contribution in [0.1, 0.15) is 18.5 Å². The molecule has 1 fully saturated rings. The number of fused-ring (bicyclic) bond motifs is 1. The fourth-order valence-electron chi connectivity index (χ4n) is 3.67. The predicted octanol–water partition coefficient (Wildman–Crippen LogP) is 3.19. The first-order valence-electron chi connectivity index (χ1n) is 9.95. The summed E-state index contributed by atoms with van der Waals surface area (Å²) in [4.78, 5) is 29.7. The Balaban J connectivity index is 1.57. The first kappa shape index (κ1) is 22.9. The fourth-order valence-corrected chi connectivity index (χ4v) is 5.18. The lowest BCUT2D eigenvalue weighted by Gasteiger charge is -2.15. The number of hydrogen-bond acceptors (Lipinski definition) is 6. The Bertz CT molecular complexity index is 1310. The molecule has 3 aromatic rings. The third-order valence-electron chi connectivity index (χ3n) is 5.23. The molecule has 174 valence electrons. The Kier molecular flexibility index (Phi) is 5.97. The molecule has 0 amide bonds. The number of rotatable bonds is 5. The Morgan fingerprint density at radius 1 is 1.09 bits per heavy atom. The number of carbonyl (C=O) groups is 2. The number of halogens is 3. The molecule has 0 unspecified atom stereocenters. The molecule has 1 aliphatic heterocycles. The number of nitrogens with one attached hydrogen (secondary N) is 1. The van der Waals surface area contributed by atoms with Crippen molar-refractivity contribution in [1.29, 1.82) is 0 Å². The Morgan fingerprint density at radius 2 is 1.76 bits per heavy atom. The summed E-state index contributed by atoms with van der Waals surface area (Å²) < 4.78 is 67.5. The van der Waals surface area contributed by atoms with Crippen LogP contribution >= 0.6 is 0 Å². The van der Waals surface area contributed by atoms with E-state index in [0.717, 1.165) is 12.8 Å². The lowest BCUT2D eigenvalue weighted by Crippen LogP contribution is -2.28. The molecule has 12 heteroatoms. The molecule has 1 aliphatic rings. The molecule has 1 saturated heterocycles. The van der Waals surface area contributed by atoms with E-state index in [4.69, 9.17) is 0 Å². The van der Waals surface area contributed by atoms with Gasteiger partial charge in [0.05, 0.1) is 11.3 Å². The van der Waals surface area contributed by atoms with E-state index in [0.29, 0.717) is 35.2 Å². The van der Waals surface area contributed by atoms with Crippen LogP contribution in [-0.4, -0.2) is 53.9 Å². The molecule has 8 nitrogen and oxygen atoms in total. The average Bonchev–Trinajstić information content (AvgIpc) is 3.43. The molecule has 2 aromatic heterocycles. The number of hydrogen-bond donors (Lipinski definition) is 1. The third-order valence-corrected chi connectivity index (χ3v) is 7.14. The van der Waals surface area contributed by atoms with E-state index in [1.54, 1.807) is 18.2 Å². The molecule has 33 heavy (non-hydrogen) atoms. The summed E-state index contributed by atoms with van der Waals surface area (Å²) in [6.45, 7) is 0.996. The van der Waals surface area contributed by atoms with E-state index >= 15 is 0 Å². The highest BCUT2D eigenvalue weighted by atomic mass is 32.2. The van der Waals surface area contributed by atoms with Crippen molar-refractivity contribution in [2.75, 3.05) is 13.1 Å². The summed E-state index contributed by atoms with van der Waals surface area (Å²) in [5, 5.41) is 0.567. The van der Waals surface area contributed by atoms with Crippen molar-refractivity contribution in [1.82, 2.24) is 14.3 Å². The van der Waals surface area contributed by atoms with Crippen LogP contribution < -0.4 is 0 Å². The number of sulfonamides is 1. The van der Waals surface area contributed by atoms with Crippen molar-refractivity contribution in [3.8, 4) is 11.1 Å². The fraction of sp³-hybridized carbons (Fsp3) is 0.286. The second-order valence-electron chi connectivity index (χ2n) is 7.49. The van der Waals surface area contributed by atoms with Crippen LogP contribution in [0.5, 0.6) is 0 Å². The van der Waals surface area contributed by atoms with Crippen LogP contribution in [0.2, 0.25) is 0 Å². The first-order valence-corrected chi connectivity index (χ1v) is 11.4. The van der Waals surface area contributed by atoms with E-state index in [2.05, 4.69) is 14.7 Å². The molecule has 0 radical (unpaired) electrons. The van der Waals surface area contributed by atoms with Gasteiger partial charge in [0, 0.05) is 30.4 Å². The monoisotopic (exact) mass is 481 g/mol. The number of carbonyl (C=O) groups excluding carboxylic acids is 2. The van der Waals surface area contributed by atoms with Crippen molar-refractivity contribution < 1.29 is 35.9 Å². The summed E-state index contributed by atoms with van der Waals surface area (Å²) in [5.74, 6) is -3.94. The zero-order chi connectivity index (χ0) is 23.8. The Labute approximate surface area is 186 Å². The second-order valence-corrected chi connectivity index (χ2v) is 9.42. The minimum atomic E-state index is -5.26. The Morgan fingerprint density at radius 3 is 2.39 bits per heavy atom. The number of pyridine rings is 1. The summed E-state index contributed by atoms with van der Waals surface area (Å²) >= 11 is 0. The van der Waals surface area contributed by atoms with Crippen molar-refractivity contribution in [2.45, 2.75) is 30.3 Å². The van der Waals surface area contributed by atoms with Crippen molar-refractivity contribution in [3.05, 3.63) is 48.3 Å². The molecule has 0 spiro atoms. The van der Waals surface area contributed by atoms with Gasteiger partial charge in [0.1, 0.15) is 5.65 Å². The summed E-state index contributed by atoms with van der Waals surface area (Å²) in [7, 11) is -3.55. The first-order chi connectivity index (χ1) is 15.6. The molecule has 0 bridgehead atoms. The van der Waals surface area contributed by atoms with E-state index in [1.807, 2.05) is 0 Å². The smallest absolute Gasteiger partial charge is 0.386 e. The highest BCUT2D eigenvalue weighted by Crippen LogP contribution is 2.30. The number of ether oxygens (including phenoxy) is 1. The van der Waals surface area contributed by atoms with E-state index in [1.165, 1.54) is 28.7 Å². The summed E-state index contributed by atoms with van der Waals surface area (Å²) in [6, 6.07) is 9.55. The van der Waals surface area contributed by atoms with Gasteiger partial charge in [-0.25, -0.2) is 18.2 Å². The van der Waals surface area contributed by atoms with Gasteiger partial charge in [0.25, 0.3) is 0 Å². The van der Waals surface area contributed by atoms with Crippen LogP contribution in [0.25, 0.3) is 22.2 Å². The molecule has 0 aliphatic carbocycles. The van der Waals surface area contributed by atoms with Crippen LogP contribution in [0.3, 0.4) is 0 Å². The Hall–Kier alpha value is -3.25. The van der Waals surface area contributed by atoms with Crippen molar-refractivity contribution in [2.24, 2.45) is 0 Å². The molecule has 3 heterocycles. The van der Waals surface area contributed by atoms with Crippen molar-refractivity contribution >= 4 is 33.0 Å². The van der Waals surface area contributed by atoms with Crippen LogP contribution in [0, 0.1) is 0 Å². The second kappa shape index (κ2) is 8.60. The molecular formula is C21H18F3N3O5S. The third kappa shape index (κ3) is 4.76. The number of alkyl halides is 3. The van der Waals surface area contributed by atoms with Gasteiger partial charge in [0.2, 0.25) is 10.0 Å². The number of aromatic nitrogens is 2. The molecule has 4 rings (SSSR count). The van der Waals surface area contributed by atoms with Crippen LogP contribution in [0.15, 0.2) is 47.5 Å². The maximum atomic E-state index is 12.7. The highest BCUT2D eigenvalue weighted by Gasteiger charge is 2.42. The maximum Gasteiger partial charge on any atom is 0.491 e. The van der Waals surface area contributed by atoms with Gasteiger partial charge in [-0.05, 0) is 48.2 Å². The topological polar surface area (TPSA) is 109 Å². The number of aromatic amines is 1. The standard InChI is InChI=1S/C21H18F3N3O5S/c22-21(23,24)20(29)32-18(28)12-14-11-17-16(7-8-25-19(17)26-14)13-3-5-15(6-4-13)33(30,31)27-9-1-2-10-27/h3-8,11H,1-2,9-10,12H2,(H,25,26). The largest absolute Gasteiger partial charge is 0.491 e. The lowest BCUT2D eigenvalue weighted by atomic mass is 10.0. The van der Waals surface area contributed by atoms with Gasteiger partial charge in [-0.15, -0.1) is 0 Å². The number of nitrogens with zero attached hydrogens (tertiary/aromatic N) is 2. The number of esters is 2. The van der Waals surface area contributed by atoms with E-state index in [-0.39, 0.29) is 10.6 Å². The normalized spacial score (nSPS) is 15.1. The molecule has 1 aromatic carbocycles. The van der Waals surface area contributed by atoms with Crippen LogP contribution in [-0.2, 0) is 30.8 Å². The van der Waals surface area contributed by atoms with E-state index in [9.17, 15) is 31.2 Å². The van der Waals surface area contributed by atoms with Gasteiger partial charge in [-0.3, -0.25) is 4.79 Å². The summed E-state index contributed by atoms with van der Waals surface area (Å²) in [6.07, 6.45) is -2.69. The molecule has 0 atom stereocenters. The zero-order valence-electron chi connectivity index (χ0n) is 17.1. The maximum absolute atomic E-state index is 12.7. The van der Waals surface area contributed by atoms with Gasteiger partial charge in [0.15, 0.2) is 0 Å². The van der Waals surface area contributed by atoms with Crippen molar-refractivity contribution in [3.63, 3.8) is 0 Å². The lowest BCUT2D eigenvalue weighted by molar-refractivity contribution is -0.201. The van der Waals surface area contributed by atoms with Gasteiger partial charge < -0.3 is 9.72 Å². The van der Waals surface area contributed by atoms with Gasteiger partial charge in [-0.2, -0.15) is 17.5 Å². The molecule has 0 saturated carbocycles. The van der Waals surface area contributed by atoms with Crippen LogP contribution in [0.4, 0.5) is 13.2 Å². The minimum absolute atomic E-state index is 0.185. The van der Waals surface area contributed by atoms with E-state index < -0.39 is 34.6 Å². The zero-order valence-corrected chi connectivity index (χ0v) is 17.9. The molecular weight excluding hydrogens is 463 g/mol. The minimum Gasteiger partial charge on any atom is -0.386 e.